The molecule has 0 heterocycles. The Morgan fingerprint density at radius 1 is 1.00 bits per heavy atom. The SMILES string of the molecule is COC(=O)c1ccc(C2CC2)c(S(=O)(=O)Nc2cc(C#N)ccc2C2CCCCC2)c1. The number of hydrogen-bond donors (Lipinski definition) is 1. The summed E-state index contributed by atoms with van der Waals surface area (Å²) in [6.07, 6.45) is 7.29. The van der Waals surface area contributed by atoms with Crippen LogP contribution in [0.4, 0.5) is 5.69 Å². The zero-order valence-electron chi connectivity index (χ0n) is 17.6. The van der Waals surface area contributed by atoms with Gasteiger partial charge in [0.15, 0.2) is 0 Å². The maximum Gasteiger partial charge on any atom is 0.337 e. The van der Waals surface area contributed by atoms with Crippen molar-refractivity contribution in [2.24, 2.45) is 0 Å². The van der Waals surface area contributed by atoms with Crippen molar-refractivity contribution in [3.8, 4) is 6.07 Å². The van der Waals surface area contributed by atoms with E-state index in [1.54, 1.807) is 24.3 Å². The number of anilines is 1. The highest BCUT2D eigenvalue weighted by atomic mass is 32.2. The van der Waals surface area contributed by atoms with Crippen molar-refractivity contribution in [1.29, 1.82) is 5.26 Å². The van der Waals surface area contributed by atoms with Gasteiger partial charge in [-0.05, 0) is 72.9 Å². The van der Waals surface area contributed by atoms with E-state index in [0.29, 0.717) is 11.3 Å². The molecule has 2 aliphatic rings. The molecule has 2 aromatic carbocycles. The summed E-state index contributed by atoms with van der Waals surface area (Å²) in [4.78, 5) is 12.1. The van der Waals surface area contributed by atoms with E-state index < -0.39 is 16.0 Å². The van der Waals surface area contributed by atoms with Crippen LogP contribution in [0.2, 0.25) is 0 Å². The number of sulfonamides is 1. The Morgan fingerprint density at radius 3 is 2.32 bits per heavy atom. The second-order valence-electron chi connectivity index (χ2n) is 8.37. The van der Waals surface area contributed by atoms with E-state index in [9.17, 15) is 18.5 Å². The number of rotatable bonds is 6. The molecule has 0 atom stereocenters. The summed E-state index contributed by atoms with van der Waals surface area (Å²) in [7, 11) is -2.70. The lowest BCUT2D eigenvalue weighted by Crippen LogP contribution is -2.18. The van der Waals surface area contributed by atoms with Gasteiger partial charge in [0.25, 0.3) is 10.0 Å². The van der Waals surface area contributed by atoms with Gasteiger partial charge < -0.3 is 4.74 Å². The lowest BCUT2D eigenvalue weighted by molar-refractivity contribution is 0.0600. The van der Waals surface area contributed by atoms with Gasteiger partial charge >= 0.3 is 5.97 Å². The molecule has 2 fully saturated rings. The molecule has 0 bridgehead atoms. The van der Waals surface area contributed by atoms with Crippen LogP contribution in [0.1, 0.15) is 83.8 Å². The standard InChI is InChI=1S/C24H26N2O4S/c1-30-24(27)19-10-12-21(18-8-9-18)23(14-19)31(28,29)26-22-13-16(15-25)7-11-20(22)17-5-3-2-4-6-17/h7,10-14,17-18,26H,2-6,8-9H2,1H3. The average Bonchev–Trinajstić information content (AvgIpc) is 3.64. The summed E-state index contributed by atoms with van der Waals surface area (Å²) in [6, 6.07) is 12.1. The first-order valence-corrected chi connectivity index (χ1v) is 12.2. The number of nitrogens with one attached hydrogen (secondary N) is 1. The normalized spacial score (nSPS) is 17.0. The van der Waals surface area contributed by atoms with Crippen molar-refractivity contribution >= 4 is 21.7 Å². The van der Waals surface area contributed by atoms with Crippen LogP contribution in [0.5, 0.6) is 0 Å². The molecular formula is C24H26N2O4S. The van der Waals surface area contributed by atoms with Gasteiger partial charge in [0.2, 0.25) is 0 Å². The third-order valence-corrected chi connectivity index (χ3v) is 7.63. The van der Waals surface area contributed by atoms with E-state index in [4.69, 9.17) is 4.74 Å². The van der Waals surface area contributed by atoms with Gasteiger partial charge in [0.1, 0.15) is 0 Å². The van der Waals surface area contributed by atoms with Gasteiger partial charge in [0, 0.05) is 0 Å². The molecule has 0 aromatic heterocycles. The van der Waals surface area contributed by atoms with E-state index in [1.165, 1.54) is 19.6 Å². The first kappa shape index (κ1) is 21.4. The first-order valence-electron chi connectivity index (χ1n) is 10.7. The highest BCUT2D eigenvalue weighted by molar-refractivity contribution is 7.92. The molecule has 0 unspecified atom stereocenters. The molecule has 7 heteroatoms. The molecule has 31 heavy (non-hydrogen) atoms. The Balaban J connectivity index is 1.75. The smallest absolute Gasteiger partial charge is 0.337 e. The van der Waals surface area contributed by atoms with Gasteiger partial charge in [-0.25, -0.2) is 13.2 Å². The van der Waals surface area contributed by atoms with Crippen LogP contribution < -0.4 is 4.72 Å². The number of methoxy groups -OCH3 is 1. The van der Waals surface area contributed by atoms with Crippen LogP contribution in [0, 0.1) is 11.3 Å². The van der Waals surface area contributed by atoms with Crippen molar-refractivity contribution < 1.29 is 17.9 Å². The maximum atomic E-state index is 13.5. The molecule has 0 aliphatic heterocycles. The summed E-state index contributed by atoms with van der Waals surface area (Å²) >= 11 is 0. The Kier molecular flexibility index (Phi) is 6.01. The highest BCUT2D eigenvalue weighted by Gasteiger charge is 2.32. The average molecular weight is 439 g/mol. The number of ether oxygens (including phenoxy) is 1. The molecule has 0 amide bonds. The third kappa shape index (κ3) is 4.59. The zero-order valence-corrected chi connectivity index (χ0v) is 18.4. The Morgan fingerprint density at radius 2 is 1.68 bits per heavy atom. The fourth-order valence-electron chi connectivity index (χ4n) is 4.43. The first-order chi connectivity index (χ1) is 14.9. The van der Waals surface area contributed by atoms with E-state index >= 15 is 0 Å². The molecule has 2 aromatic rings. The fraction of sp³-hybridized carbons (Fsp3) is 0.417. The van der Waals surface area contributed by atoms with Crippen LogP contribution in [0.25, 0.3) is 0 Å². The van der Waals surface area contributed by atoms with E-state index in [0.717, 1.165) is 49.7 Å². The molecule has 4 rings (SSSR count). The fourth-order valence-corrected chi connectivity index (χ4v) is 5.83. The van der Waals surface area contributed by atoms with Crippen molar-refractivity contribution in [2.75, 3.05) is 11.8 Å². The third-order valence-electron chi connectivity index (χ3n) is 6.21. The van der Waals surface area contributed by atoms with Crippen molar-refractivity contribution in [3.05, 3.63) is 58.7 Å². The van der Waals surface area contributed by atoms with Crippen molar-refractivity contribution in [1.82, 2.24) is 0 Å². The number of nitriles is 1. The van der Waals surface area contributed by atoms with Gasteiger partial charge in [-0.2, -0.15) is 5.26 Å². The van der Waals surface area contributed by atoms with Crippen LogP contribution in [0.3, 0.4) is 0 Å². The van der Waals surface area contributed by atoms with Gasteiger partial charge in [-0.1, -0.05) is 31.4 Å². The Labute approximate surface area is 183 Å². The van der Waals surface area contributed by atoms with Crippen molar-refractivity contribution in [2.45, 2.75) is 61.7 Å². The Bertz CT molecular complexity index is 1140. The lowest BCUT2D eigenvalue weighted by atomic mass is 9.83. The molecule has 2 saturated carbocycles. The number of benzene rings is 2. The topological polar surface area (TPSA) is 96.3 Å². The summed E-state index contributed by atoms with van der Waals surface area (Å²) in [5.41, 5.74) is 2.71. The summed E-state index contributed by atoms with van der Waals surface area (Å²) in [6.45, 7) is 0. The predicted molar refractivity (Wildman–Crippen MR) is 118 cm³/mol. The quantitative estimate of drug-likeness (QED) is 0.635. The summed E-state index contributed by atoms with van der Waals surface area (Å²) < 4.78 is 34.5. The molecule has 2 aliphatic carbocycles. The van der Waals surface area contributed by atoms with E-state index in [-0.39, 0.29) is 22.3 Å². The Hall–Kier alpha value is -2.85. The molecule has 0 radical (unpaired) electrons. The van der Waals surface area contributed by atoms with Crippen LogP contribution >= 0.6 is 0 Å². The lowest BCUT2D eigenvalue weighted by Gasteiger charge is -2.25. The number of esters is 1. The predicted octanol–water partition coefficient (Wildman–Crippen LogP) is 5.07. The van der Waals surface area contributed by atoms with E-state index in [2.05, 4.69) is 10.8 Å². The van der Waals surface area contributed by atoms with Crippen LogP contribution in [-0.4, -0.2) is 21.5 Å². The summed E-state index contributed by atoms with van der Waals surface area (Å²) in [5.74, 6) is -0.127. The molecular weight excluding hydrogens is 412 g/mol. The summed E-state index contributed by atoms with van der Waals surface area (Å²) in [5, 5.41) is 9.35. The number of hydrogen-bond acceptors (Lipinski definition) is 5. The van der Waals surface area contributed by atoms with Gasteiger partial charge in [-0.3, -0.25) is 4.72 Å². The maximum absolute atomic E-state index is 13.5. The molecule has 162 valence electrons. The minimum atomic E-state index is -3.97. The molecule has 1 N–H and O–H groups in total. The van der Waals surface area contributed by atoms with Gasteiger partial charge in [0.05, 0.1) is 34.9 Å². The van der Waals surface area contributed by atoms with E-state index in [1.807, 2.05) is 6.07 Å². The van der Waals surface area contributed by atoms with Crippen LogP contribution in [0.15, 0.2) is 41.3 Å². The monoisotopic (exact) mass is 438 g/mol. The molecule has 0 spiro atoms. The number of carbonyl (C=O) groups excluding carboxylic acids is 1. The second-order valence-corrected chi connectivity index (χ2v) is 10.0. The minimum absolute atomic E-state index is 0.106. The zero-order chi connectivity index (χ0) is 22.0. The molecule has 0 saturated heterocycles. The highest BCUT2D eigenvalue weighted by Crippen LogP contribution is 2.44. The molecule has 6 nitrogen and oxygen atoms in total. The number of nitrogens with zero attached hydrogens (tertiary/aromatic N) is 1. The second kappa shape index (κ2) is 8.72. The van der Waals surface area contributed by atoms with Crippen molar-refractivity contribution in [3.63, 3.8) is 0 Å². The van der Waals surface area contributed by atoms with Gasteiger partial charge in [-0.15, -0.1) is 0 Å². The number of carbonyl (C=O) groups is 1. The minimum Gasteiger partial charge on any atom is -0.465 e. The largest absolute Gasteiger partial charge is 0.465 e. The van der Waals surface area contributed by atoms with Crippen LogP contribution in [-0.2, 0) is 14.8 Å².